The van der Waals surface area contributed by atoms with E-state index >= 15 is 0 Å². The normalized spacial score (nSPS) is 13.1. The van der Waals surface area contributed by atoms with E-state index in [4.69, 9.17) is 10.8 Å². The van der Waals surface area contributed by atoms with E-state index in [1.807, 2.05) is 0 Å². The van der Waals surface area contributed by atoms with Crippen LogP contribution in [0.5, 0.6) is 0 Å². The van der Waals surface area contributed by atoms with Crippen LogP contribution in [0, 0.1) is 0 Å². The molecule has 1 heterocycles. The zero-order valence-corrected chi connectivity index (χ0v) is 7.43. The Balaban J connectivity index is 2.31. The summed E-state index contributed by atoms with van der Waals surface area (Å²) in [4.78, 5) is 0. The van der Waals surface area contributed by atoms with E-state index in [-0.39, 0.29) is 6.61 Å². The van der Waals surface area contributed by atoms with Gasteiger partial charge in [0.2, 0.25) is 0 Å². The average Bonchev–Trinajstić information content (AvgIpc) is 2.48. The van der Waals surface area contributed by atoms with Gasteiger partial charge in [0.25, 0.3) is 0 Å². The van der Waals surface area contributed by atoms with Crippen LogP contribution in [-0.2, 0) is 6.54 Å². The number of anilines is 1. The van der Waals surface area contributed by atoms with E-state index in [0.717, 1.165) is 0 Å². The second-order valence-electron chi connectivity index (χ2n) is 3.02. The molecule has 0 aliphatic rings. The number of aromatic nitrogens is 2. The quantitative estimate of drug-likeness (QED) is 0.582. The largest absolute Gasteiger partial charge is 0.396 e. The minimum atomic E-state index is -0.466. The molecule has 1 unspecified atom stereocenters. The lowest BCUT2D eigenvalue weighted by Gasteiger charge is -2.08. The van der Waals surface area contributed by atoms with Gasteiger partial charge in [0.1, 0.15) is 0 Å². The highest BCUT2D eigenvalue weighted by Crippen LogP contribution is 2.02. The molecule has 1 atom stereocenters. The fraction of sp³-hybridized carbons (Fsp3) is 0.625. The molecule has 13 heavy (non-hydrogen) atoms. The molecule has 0 fully saturated rings. The summed E-state index contributed by atoms with van der Waals surface area (Å²) in [5.74, 6) is 0. The van der Waals surface area contributed by atoms with Gasteiger partial charge in [-0.2, -0.15) is 5.10 Å². The third-order valence-electron chi connectivity index (χ3n) is 1.75. The Morgan fingerprint density at radius 2 is 2.38 bits per heavy atom. The van der Waals surface area contributed by atoms with E-state index < -0.39 is 6.10 Å². The standard InChI is InChI=1S/C8H15N3O2/c9-7-4-10-11(5-7)6-8(13)2-1-3-12/h4-5,8,12-13H,1-3,6,9H2. The summed E-state index contributed by atoms with van der Waals surface area (Å²) in [6.45, 7) is 0.537. The van der Waals surface area contributed by atoms with Gasteiger partial charge < -0.3 is 15.9 Å². The molecule has 0 bridgehead atoms. The molecular formula is C8H15N3O2. The van der Waals surface area contributed by atoms with Crippen molar-refractivity contribution >= 4 is 5.69 Å². The number of nitrogens with two attached hydrogens (primary N) is 1. The van der Waals surface area contributed by atoms with Crippen LogP contribution in [0.4, 0.5) is 5.69 Å². The van der Waals surface area contributed by atoms with Crippen LogP contribution in [0.15, 0.2) is 12.4 Å². The molecule has 0 aromatic carbocycles. The van der Waals surface area contributed by atoms with Gasteiger partial charge >= 0.3 is 0 Å². The summed E-state index contributed by atoms with van der Waals surface area (Å²) in [5.41, 5.74) is 6.04. The predicted molar refractivity (Wildman–Crippen MR) is 49.0 cm³/mol. The Kier molecular flexibility index (Phi) is 3.72. The molecular weight excluding hydrogens is 170 g/mol. The smallest absolute Gasteiger partial charge is 0.0736 e. The average molecular weight is 185 g/mol. The van der Waals surface area contributed by atoms with Crippen LogP contribution >= 0.6 is 0 Å². The Bertz CT molecular complexity index is 249. The number of aliphatic hydroxyl groups excluding tert-OH is 2. The first-order valence-corrected chi connectivity index (χ1v) is 4.29. The summed E-state index contributed by atoms with van der Waals surface area (Å²) >= 11 is 0. The number of hydrogen-bond donors (Lipinski definition) is 3. The molecule has 0 radical (unpaired) electrons. The van der Waals surface area contributed by atoms with Gasteiger partial charge in [-0.15, -0.1) is 0 Å². The maximum Gasteiger partial charge on any atom is 0.0736 e. The molecule has 0 amide bonds. The minimum absolute atomic E-state index is 0.109. The van der Waals surface area contributed by atoms with Crippen molar-refractivity contribution in [1.82, 2.24) is 9.78 Å². The first kappa shape index (κ1) is 10.0. The van der Waals surface area contributed by atoms with Crippen LogP contribution < -0.4 is 5.73 Å². The van der Waals surface area contributed by atoms with Gasteiger partial charge in [0.15, 0.2) is 0 Å². The summed E-state index contributed by atoms with van der Waals surface area (Å²) < 4.78 is 1.59. The van der Waals surface area contributed by atoms with Crippen molar-refractivity contribution < 1.29 is 10.2 Å². The molecule has 1 aromatic rings. The molecule has 1 rings (SSSR count). The maximum absolute atomic E-state index is 9.43. The molecule has 0 saturated carbocycles. The Morgan fingerprint density at radius 3 is 2.92 bits per heavy atom. The topological polar surface area (TPSA) is 84.3 Å². The van der Waals surface area contributed by atoms with Crippen LogP contribution in [-0.4, -0.2) is 32.7 Å². The number of hydrogen-bond acceptors (Lipinski definition) is 4. The SMILES string of the molecule is Nc1cnn(CC(O)CCCO)c1. The number of rotatable bonds is 5. The highest BCUT2D eigenvalue weighted by atomic mass is 16.3. The van der Waals surface area contributed by atoms with E-state index in [1.54, 1.807) is 17.1 Å². The predicted octanol–water partition coefficient (Wildman–Crippen LogP) is -0.401. The molecule has 5 nitrogen and oxygen atoms in total. The summed E-state index contributed by atoms with van der Waals surface area (Å²) in [5, 5.41) is 21.9. The molecule has 0 aliphatic heterocycles. The lowest BCUT2D eigenvalue weighted by molar-refractivity contribution is 0.128. The summed E-state index contributed by atoms with van der Waals surface area (Å²) in [6, 6.07) is 0. The zero-order valence-electron chi connectivity index (χ0n) is 7.43. The van der Waals surface area contributed by atoms with Crippen molar-refractivity contribution in [2.75, 3.05) is 12.3 Å². The van der Waals surface area contributed by atoms with Gasteiger partial charge in [-0.1, -0.05) is 0 Å². The van der Waals surface area contributed by atoms with E-state index in [0.29, 0.717) is 25.1 Å². The first-order chi connectivity index (χ1) is 6.22. The maximum atomic E-state index is 9.43. The van der Waals surface area contributed by atoms with Crippen molar-refractivity contribution in [1.29, 1.82) is 0 Å². The van der Waals surface area contributed by atoms with Crippen LogP contribution in [0.3, 0.4) is 0 Å². The fourth-order valence-corrected chi connectivity index (χ4v) is 1.11. The summed E-state index contributed by atoms with van der Waals surface area (Å²) in [6.07, 6.45) is 3.93. The number of aliphatic hydroxyl groups is 2. The number of nitrogen functional groups attached to an aromatic ring is 1. The van der Waals surface area contributed by atoms with E-state index in [2.05, 4.69) is 5.10 Å². The van der Waals surface area contributed by atoms with Crippen LogP contribution in [0.2, 0.25) is 0 Å². The highest BCUT2D eigenvalue weighted by Gasteiger charge is 2.04. The zero-order chi connectivity index (χ0) is 9.68. The molecule has 74 valence electrons. The van der Waals surface area contributed by atoms with Crippen molar-refractivity contribution in [3.8, 4) is 0 Å². The van der Waals surface area contributed by atoms with Gasteiger partial charge in [-0.05, 0) is 12.8 Å². The highest BCUT2D eigenvalue weighted by molar-refractivity contribution is 5.30. The lowest BCUT2D eigenvalue weighted by atomic mass is 10.2. The third kappa shape index (κ3) is 3.43. The molecule has 5 heteroatoms. The second kappa shape index (κ2) is 4.84. The number of nitrogens with zero attached hydrogens (tertiary/aromatic N) is 2. The first-order valence-electron chi connectivity index (χ1n) is 4.29. The molecule has 0 spiro atoms. The van der Waals surface area contributed by atoms with Crippen molar-refractivity contribution in [3.05, 3.63) is 12.4 Å². The van der Waals surface area contributed by atoms with Crippen LogP contribution in [0.1, 0.15) is 12.8 Å². The Hall–Kier alpha value is -1.07. The van der Waals surface area contributed by atoms with Crippen LogP contribution in [0.25, 0.3) is 0 Å². The second-order valence-corrected chi connectivity index (χ2v) is 3.02. The lowest BCUT2D eigenvalue weighted by Crippen LogP contribution is -2.16. The monoisotopic (exact) mass is 185 g/mol. The van der Waals surface area contributed by atoms with Crippen molar-refractivity contribution in [2.24, 2.45) is 0 Å². The van der Waals surface area contributed by atoms with Crippen molar-refractivity contribution in [3.63, 3.8) is 0 Å². The van der Waals surface area contributed by atoms with Gasteiger partial charge in [0, 0.05) is 12.8 Å². The Morgan fingerprint density at radius 1 is 1.62 bits per heavy atom. The fourth-order valence-electron chi connectivity index (χ4n) is 1.11. The van der Waals surface area contributed by atoms with Gasteiger partial charge in [-0.25, -0.2) is 0 Å². The molecule has 0 aliphatic carbocycles. The molecule has 1 aromatic heterocycles. The molecule has 4 N–H and O–H groups in total. The van der Waals surface area contributed by atoms with E-state index in [1.165, 1.54) is 0 Å². The van der Waals surface area contributed by atoms with Crippen molar-refractivity contribution in [2.45, 2.75) is 25.5 Å². The third-order valence-corrected chi connectivity index (χ3v) is 1.75. The molecule has 0 saturated heterocycles. The Labute approximate surface area is 76.8 Å². The van der Waals surface area contributed by atoms with E-state index in [9.17, 15) is 5.11 Å². The van der Waals surface area contributed by atoms with Gasteiger partial charge in [0.05, 0.1) is 24.5 Å². The minimum Gasteiger partial charge on any atom is -0.396 e. The summed E-state index contributed by atoms with van der Waals surface area (Å²) in [7, 11) is 0. The van der Waals surface area contributed by atoms with Gasteiger partial charge in [-0.3, -0.25) is 4.68 Å².